The molecule has 1 aromatic rings. The van der Waals surface area contributed by atoms with E-state index in [1.165, 1.54) is 4.90 Å². The maximum absolute atomic E-state index is 12.7. The van der Waals surface area contributed by atoms with Crippen LogP contribution in [0.1, 0.15) is 37.8 Å². The fourth-order valence-corrected chi connectivity index (χ4v) is 4.34. The van der Waals surface area contributed by atoms with Gasteiger partial charge in [-0.25, -0.2) is 8.42 Å². The largest absolute Gasteiger partial charge is 0.361 e. The Morgan fingerprint density at radius 3 is 2.28 bits per heavy atom. The maximum Gasteiger partial charge on any atom is 0.244 e. The first kappa shape index (κ1) is 19.4. The molecule has 2 amide bonds. The highest BCUT2D eigenvalue weighted by Crippen LogP contribution is 2.29. The summed E-state index contributed by atoms with van der Waals surface area (Å²) in [5.41, 5.74) is 0.431. The summed E-state index contributed by atoms with van der Waals surface area (Å²) in [6.45, 7) is 8.94. The monoisotopic (exact) mass is 371 g/mol. The van der Waals surface area contributed by atoms with Gasteiger partial charge in [-0.1, -0.05) is 5.16 Å². The van der Waals surface area contributed by atoms with E-state index in [4.69, 9.17) is 4.52 Å². The molecule has 1 fully saturated rings. The molecule has 0 bridgehead atoms. The summed E-state index contributed by atoms with van der Waals surface area (Å²) in [4.78, 5) is 26.7. The smallest absolute Gasteiger partial charge is 0.244 e. The predicted molar refractivity (Wildman–Crippen MR) is 91.8 cm³/mol. The molecule has 25 heavy (non-hydrogen) atoms. The van der Waals surface area contributed by atoms with Crippen LogP contribution in [0, 0.1) is 13.8 Å². The van der Waals surface area contributed by atoms with Gasteiger partial charge in [0.25, 0.3) is 0 Å². The van der Waals surface area contributed by atoms with E-state index in [0.717, 1.165) is 0 Å². The van der Waals surface area contributed by atoms with Crippen LogP contribution in [0.3, 0.4) is 0 Å². The van der Waals surface area contributed by atoms with Gasteiger partial charge < -0.3 is 14.7 Å². The van der Waals surface area contributed by atoms with Crippen LogP contribution in [0.25, 0.3) is 0 Å². The molecule has 0 spiro atoms. The molecule has 0 aromatic carbocycles. The van der Waals surface area contributed by atoms with Crippen molar-refractivity contribution >= 4 is 21.7 Å². The number of carbonyl (C=O) groups is 2. The van der Waals surface area contributed by atoms with Crippen LogP contribution in [0.4, 0.5) is 0 Å². The average Bonchev–Trinajstić information content (AvgIpc) is 2.85. The van der Waals surface area contributed by atoms with Crippen LogP contribution in [0.5, 0.6) is 0 Å². The van der Waals surface area contributed by atoms with Gasteiger partial charge in [0.05, 0.1) is 22.6 Å². The van der Waals surface area contributed by atoms with Crippen molar-refractivity contribution in [1.29, 1.82) is 0 Å². The molecule has 1 aliphatic rings. The molecule has 1 aliphatic heterocycles. The summed E-state index contributed by atoms with van der Waals surface area (Å²) in [6.07, 6.45) is 0. The third kappa shape index (κ3) is 4.02. The van der Waals surface area contributed by atoms with Crippen molar-refractivity contribution in [3.05, 3.63) is 17.0 Å². The van der Waals surface area contributed by atoms with E-state index < -0.39 is 21.3 Å². The van der Waals surface area contributed by atoms with Gasteiger partial charge in [-0.05, 0) is 34.6 Å². The van der Waals surface area contributed by atoms with E-state index in [-0.39, 0.29) is 36.4 Å². The number of carbonyl (C=O) groups excluding carboxylic acids is 2. The zero-order valence-electron chi connectivity index (χ0n) is 15.2. The fraction of sp³-hybridized carbons (Fsp3) is 0.688. The van der Waals surface area contributed by atoms with E-state index in [9.17, 15) is 18.0 Å². The molecule has 1 atom stereocenters. The van der Waals surface area contributed by atoms with Crippen LogP contribution in [0.15, 0.2) is 4.52 Å². The van der Waals surface area contributed by atoms with Crippen LogP contribution in [-0.2, 0) is 24.8 Å². The fourth-order valence-electron chi connectivity index (χ4n) is 3.13. The molecule has 1 saturated heterocycles. The van der Waals surface area contributed by atoms with Gasteiger partial charge in [0.15, 0.2) is 9.84 Å². The van der Waals surface area contributed by atoms with Gasteiger partial charge >= 0.3 is 0 Å². The lowest BCUT2D eigenvalue weighted by Gasteiger charge is -2.31. The molecule has 1 N–H and O–H groups in total. The molecule has 0 saturated carbocycles. The summed E-state index contributed by atoms with van der Waals surface area (Å²) >= 11 is 0. The molecule has 140 valence electrons. The molecular weight excluding hydrogens is 346 g/mol. The Morgan fingerprint density at radius 1 is 1.24 bits per heavy atom. The summed E-state index contributed by atoms with van der Waals surface area (Å²) < 4.78 is 28.1. The minimum Gasteiger partial charge on any atom is -0.361 e. The third-order valence-corrected chi connectivity index (χ3v) is 6.21. The number of hydrogen-bond donors (Lipinski definition) is 1. The van der Waals surface area contributed by atoms with E-state index in [1.54, 1.807) is 34.6 Å². The first-order valence-corrected chi connectivity index (χ1v) is 10.0. The Hall–Kier alpha value is -1.90. The van der Waals surface area contributed by atoms with Crippen molar-refractivity contribution in [3.63, 3.8) is 0 Å². The van der Waals surface area contributed by atoms with Gasteiger partial charge in [-0.15, -0.1) is 0 Å². The number of rotatable bonds is 4. The zero-order valence-corrected chi connectivity index (χ0v) is 16.1. The van der Waals surface area contributed by atoms with Crippen molar-refractivity contribution < 1.29 is 22.5 Å². The molecular formula is C16H25N3O5S. The zero-order chi connectivity index (χ0) is 19.0. The first-order valence-electron chi connectivity index (χ1n) is 8.19. The SMILES string of the molecule is Cc1noc(C)c1C(C)(C)C(=O)N[C@@H](C)C(=O)N1CCS(=O)(=O)CC1. The normalized spacial score (nSPS) is 18.7. The second-order valence-electron chi connectivity index (χ2n) is 7.00. The molecule has 9 heteroatoms. The summed E-state index contributed by atoms with van der Waals surface area (Å²) in [7, 11) is -3.06. The minimum atomic E-state index is -3.06. The van der Waals surface area contributed by atoms with E-state index >= 15 is 0 Å². The average molecular weight is 371 g/mol. The number of nitrogens with zero attached hydrogens (tertiary/aromatic N) is 2. The lowest BCUT2D eigenvalue weighted by Crippen LogP contribution is -2.54. The molecule has 8 nitrogen and oxygen atoms in total. The van der Waals surface area contributed by atoms with Crippen molar-refractivity contribution in [2.45, 2.75) is 46.1 Å². The Balaban J connectivity index is 2.05. The van der Waals surface area contributed by atoms with Gasteiger partial charge in [0, 0.05) is 18.7 Å². The van der Waals surface area contributed by atoms with Gasteiger partial charge in [0.2, 0.25) is 11.8 Å². The number of aryl methyl sites for hydroxylation is 2. The first-order chi connectivity index (χ1) is 11.5. The Kier molecular flexibility index (Phi) is 5.27. The van der Waals surface area contributed by atoms with E-state index in [0.29, 0.717) is 17.0 Å². The Morgan fingerprint density at radius 2 is 1.80 bits per heavy atom. The summed E-state index contributed by atoms with van der Waals surface area (Å²) in [5.74, 6) is -0.100. The lowest BCUT2D eigenvalue weighted by atomic mass is 9.82. The number of nitrogens with one attached hydrogen (secondary N) is 1. The van der Waals surface area contributed by atoms with E-state index in [2.05, 4.69) is 10.5 Å². The molecule has 2 heterocycles. The number of sulfone groups is 1. The van der Waals surface area contributed by atoms with Crippen molar-refractivity contribution in [2.24, 2.45) is 0 Å². The van der Waals surface area contributed by atoms with E-state index in [1.807, 2.05) is 0 Å². The van der Waals surface area contributed by atoms with Crippen LogP contribution in [-0.4, -0.2) is 60.9 Å². The summed E-state index contributed by atoms with van der Waals surface area (Å²) in [6, 6.07) is -0.743. The Bertz CT molecular complexity index is 748. The minimum absolute atomic E-state index is 0.0377. The van der Waals surface area contributed by atoms with Crippen molar-refractivity contribution in [3.8, 4) is 0 Å². The molecule has 0 unspecified atom stereocenters. The van der Waals surface area contributed by atoms with Crippen molar-refractivity contribution in [1.82, 2.24) is 15.4 Å². The Labute approximate surface area is 147 Å². The standard InChI is InChI=1S/C16H25N3O5S/c1-10-13(12(3)24-18-10)16(4,5)15(21)17-11(2)14(20)19-6-8-25(22,23)9-7-19/h11H,6-9H2,1-5H3,(H,17,21)/t11-/m0/s1. The highest BCUT2D eigenvalue weighted by atomic mass is 32.2. The van der Waals surface area contributed by atoms with Gasteiger partial charge in [0.1, 0.15) is 11.8 Å². The van der Waals surface area contributed by atoms with Gasteiger partial charge in [-0.2, -0.15) is 0 Å². The van der Waals surface area contributed by atoms with Crippen LogP contribution < -0.4 is 5.32 Å². The maximum atomic E-state index is 12.7. The highest BCUT2D eigenvalue weighted by molar-refractivity contribution is 7.91. The van der Waals surface area contributed by atoms with Crippen molar-refractivity contribution in [2.75, 3.05) is 24.6 Å². The molecule has 0 radical (unpaired) electrons. The quantitative estimate of drug-likeness (QED) is 0.817. The highest BCUT2D eigenvalue weighted by Gasteiger charge is 2.37. The second-order valence-corrected chi connectivity index (χ2v) is 9.30. The molecule has 2 rings (SSSR count). The van der Waals surface area contributed by atoms with Crippen LogP contribution in [0.2, 0.25) is 0 Å². The second kappa shape index (κ2) is 6.78. The number of hydrogen-bond acceptors (Lipinski definition) is 6. The lowest BCUT2D eigenvalue weighted by molar-refractivity contribution is -0.137. The topological polar surface area (TPSA) is 110 Å². The predicted octanol–water partition coefficient (Wildman–Crippen LogP) is 0.331. The number of amides is 2. The third-order valence-electron chi connectivity index (χ3n) is 4.60. The molecule has 1 aromatic heterocycles. The van der Waals surface area contributed by atoms with Crippen LogP contribution >= 0.6 is 0 Å². The molecule has 0 aliphatic carbocycles. The summed E-state index contributed by atoms with van der Waals surface area (Å²) in [5, 5.41) is 6.61. The number of aromatic nitrogens is 1. The van der Waals surface area contributed by atoms with Gasteiger partial charge in [-0.3, -0.25) is 9.59 Å².